The molecule has 0 N–H and O–H groups in total. The second kappa shape index (κ2) is 70.3. The quantitative estimate of drug-likeness (QED) is 0.0261. The molecule has 1 atom stereocenters. The summed E-state index contributed by atoms with van der Waals surface area (Å²) in [7, 11) is 0. The molecule has 0 bridgehead atoms. The Hall–Kier alpha value is -4.19. The molecule has 0 aromatic heterocycles. The molecule has 0 radical (unpaired) electrons. The minimum Gasteiger partial charge on any atom is -0.462 e. The minimum atomic E-state index is -0.821. The molecule has 6 nitrogen and oxygen atoms in total. The number of carbonyl (C=O) groups excluding carboxylic acids is 3. The monoisotopic (exact) mass is 1150 g/mol. The van der Waals surface area contributed by atoms with Gasteiger partial charge in [0, 0.05) is 19.3 Å². The lowest BCUT2D eigenvalue weighted by Crippen LogP contribution is -2.30. The Bertz CT molecular complexity index is 1700. The van der Waals surface area contributed by atoms with Crippen LogP contribution in [0.5, 0.6) is 0 Å². The van der Waals surface area contributed by atoms with Crippen LogP contribution >= 0.6 is 0 Å². The summed E-state index contributed by atoms with van der Waals surface area (Å²) in [6.45, 7) is 6.36. The molecule has 0 fully saturated rings. The lowest BCUT2D eigenvalue weighted by atomic mass is 10.0. The maximum atomic E-state index is 12.9. The molecule has 0 rings (SSSR count). The maximum Gasteiger partial charge on any atom is 0.306 e. The molecular weight excluding hydrogens is 1020 g/mol. The van der Waals surface area contributed by atoms with Gasteiger partial charge in [0.15, 0.2) is 6.10 Å². The largest absolute Gasteiger partial charge is 0.462 e. The van der Waals surface area contributed by atoms with Gasteiger partial charge in [-0.15, -0.1) is 0 Å². The van der Waals surface area contributed by atoms with Crippen LogP contribution < -0.4 is 0 Å². The van der Waals surface area contributed by atoms with Crippen LogP contribution in [-0.2, 0) is 28.6 Å². The number of allylic oxidation sites excluding steroid dienone is 20. The number of hydrogen-bond donors (Lipinski definition) is 0. The molecule has 0 aliphatic carbocycles. The summed E-state index contributed by atoms with van der Waals surface area (Å²) in [4.78, 5) is 38.3. The second-order valence-corrected chi connectivity index (χ2v) is 23.0. The molecule has 83 heavy (non-hydrogen) atoms. The molecule has 474 valence electrons. The van der Waals surface area contributed by atoms with Crippen molar-refractivity contribution in [3.63, 3.8) is 0 Å². The van der Waals surface area contributed by atoms with Gasteiger partial charge in [0.2, 0.25) is 0 Å². The second-order valence-electron chi connectivity index (χ2n) is 23.0. The number of esters is 3. The molecule has 0 amide bonds. The Kier molecular flexibility index (Phi) is 66.7. The standard InChI is InChI=1S/C77H130O6/c1-4-7-10-13-16-19-22-25-27-29-31-33-34-35-36-37-38-39-40-41-42-44-45-47-49-52-55-58-61-64-67-70-76(79)82-73-74(72-81-75(78)69-66-63-60-57-54-51-24-21-18-15-12-9-6-3)83-77(80)71-68-65-62-59-56-53-50-48-46-43-32-30-28-26-23-20-17-14-11-8-5-2/h8-9,11-12,17-18,20-21,26,28-29,31-32,43,48,50-51,54,60,63,74H,4-7,10,13-16,19,22-25,27,30,33-42,44-47,49,52-53,55-59,61-62,64-73H2,1-3H3/b11-8-,12-9-,20-17-,21-18-,28-26-,31-29-,43-32-,50-48-,54-51-,63-60-. The molecule has 0 spiro atoms. The topological polar surface area (TPSA) is 78.9 Å². The van der Waals surface area contributed by atoms with Gasteiger partial charge in [0.05, 0.1) is 0 Å². The van der Waals surface area contributed by atoms with Crippen molar-refractivity contribution in [2.45, 2.75) is 335 Å². The smallest absolute Gasteiger partial charge is 0.306 e. The summed E-state index contributed by atoms with van der Waals surface area (Å²) in [5, 5.41) is 0. The fourth-order valence-corrected chi connectivity index (χ4v) is 9.77. The maximum absolute atomic E-state index is 12.9. The molecule has 0 aromatic rings. The Morgan fingerprint density at radius 1 is 0.253 bits per heavy atom. The van der Waals surface area contributed by atoms with E-state index in [9.17, 15) is 14.4 Å². The third kappa shape index (κ3) is 68.5. The van der Waals surface area contributed by atoms with E-state index >= 15 is 0 Å². The first-order valence-corrected chi connectivity index (χ1v) is 35.0. The van der Waals surface area contributed by atoms with Crippen molar-refractivity contribution in [2.75, 3.05) is 13.2 Å². The van der Waals surface area contributed by atoms with Crippen LogP contribution in [0, 0.1) is 0 Å². The Labute approximate surface area is 513 Å². The highest BCUT2D eigenvalue weighted by molar-refractivity contribution is 5.71. The predicted octanol–water partition coefficient (Wildman–Crippen LogP) is 24.3. The number of rotatable bonds is 63. The zero-order valence-corrected chi connectivity index (χ0v) is 54.4. The lowest BCUT2D eigenvalue weighted by Gasteiger charge is -2.18. The molecule has 0 saturated carbocycles. The number of ether oxygens (including phenoxy) is 3. The van der Waals surface area contributed by atoms with Crippen LogP contribution in [0.2, 0.25) is 0 Å². The van der Waals surface area contributed by atoms with Crippen molar-refractivity contribution in [3.05, 3.63) is 122 Å². The third-order valence-corrected chi connectivity index (χ3v) is 14.9. The van der Waals surface area contributed by atoms with E-state index in [-0.39, 0.29) is 44.0 Å². The van der Waals surface area contributed by atoms with E-state index in [4.69, 9.17) is 14.2 Å². The number of carbonyl (C=O) groups is 3. The first kappa shape index (κ1) is 78.8. The molecule has 0 aliphatic rings. The van der Waals surface area contributed by atoms with Gasteiger partial charge in [-0.1, -0.05) is 316 Å². The van der Waals surface area contributed by atoms with Gasteiger partial charge in [-0.05, 0) is 116 Å². The van der Waals surface area contributed by atoms with Gasteiger partial charge in [-0.25, -0.2) is 0 Å². The SMILES string of the molecule is CC/C=C\C/C=C\C/C=C\C/C=C\C/C=C\CCCCCCCC(=O)OC(COC(=O)CC/C=C\C/C=C\C/C=C\C/C=C\CC)COC(=O)CCCCCCCCCCCCCCCCCCCCC/C=C\CCCCCCCCCC. The number of hydrogen-bond acceptors (Lipinski definition) is 6. The Morgan fingerprint density at radius 2 is 0.494 bits per heavy atom. The highest BCUT2D eigenvalue weighted by atomic mass is 16.6. The van der Waals surface area contributed by atoms with Crippen LogP contribution in [0.4, 0.5) is 0 Å². The van der Waals surface area contributed by atoms with Gasteiger partial charge in [0.25, 0.3) is 0 Å². The fourth-order valence-electron chi connectivity index (χ4n) is 9.77. The van der Waals surface area contributed by atoms with Crippen molar-refractivity contribution in [3.8, 4) is 0 Å². The molecule has 0 aromatic carbocycles. The molecule has 0 saturated heterocycles. The van der Waals surface area contributed by atoms with Crippen molar-refractivity contribution < 1.29 is 28.6 Å². The molecule has 6 heteroatoms. The van der Waals surface area contributed by atoms with Crippen LogP contribution in [0.1, 0.15) is 329 Å². The third-order valence-electron chi connectivity index (χ3n) is 14.9. The van der Waals surface area contributed by atoms with Crippen LogP contribution in [0.3, 0.4) is 0 Å². The Morgan fingerprint density at radius 3 is 0.819 bits per heavy atom. The highest BCUT2D eigenvalue weighted by Crippen LogP contribution is 2.17. The highest BCUT2D eigenvalue weighted by Gasteiger charge is 2.19. The fraction of sp³-hybridized carbons (Fsp3) is 0.701. The van der Waals surface area contributed by atoms with E-state index in [1.807, 2.05) is 6.08 Å². The molecule has 0 aliphatic heterocycles. The summed E-state index contributed by atoms with van der Waals surface area (Å²) in [6, 6.07) is 0. The molecule has 1 unspecified atom stereocenters. The average Bonchev–Trinajstić information content (AvgIpc) is 3.49. The van der Waals surface area contributed by atoms with Gasteiger partial charge in [-0.2, -0.15) is 0 Å². The van der Waals surface area contributed by atoms with E-state index in [1.54, 1.807) is 0 Å². The number of unbranched alkanes of at least 4 members (excludes halogenated alkanes) is 32. The zero-order chi connectivity index (χ0) is 59.9. The van der Waals surface area contributed by atoms with Gasteiger partial charge < -0.3 is 14.2 Å². The van der Waals surface area contributed by atoms with Crippen molar-refractivity contribution >= 4 is 17.9 Å². The Balaban J connectivity index is 4.27. The average molecular weight is 1150 g/mol. The van der Waals surface area contributed by atoms with Crippen molar-refractivity contribution in [2.24, 2.45) is 0 Å². The van der Waals surface area contributed by atoms with Crippen molar-refractivity contribution in [1.82, 2.24) is 0 Å². The first-order valence-electron chi connectivity index (χ1n) is 35.0. The predicted molar refractivity (Wildman–Crippen MR) is 362 cm³/mol. The van der Waals surface area contributed by atoms with E-state index < -0.39 is 6.10 Å². The van der Waals surface area contributed by atoms with E-state index in [2.05, 4.69) is 136 Å². The normalized spacial score (nSPS) is 12.9. The van der Waals surface area contributed by atoms with E-state index in [0.29, 0.717) is 12.8 Å². The first-order chi connectivity index (χ1) is 41.0. The summed E-state index contributed by atoms with van der Waals surface area (Å²) in [5.74, 6) is -1.00. The van der Waals surface area contributed by atoms with Crippen LogP contribution in [0.15, 0.2) is 122 Å². The summed E-state index contributed by atoms with van der Waals surface area (Å²) in [6.07, 6.45) is 98.3. The van der Waals surface area contributed by atoms with Gasteiger partial charge >= 0.3 is 17.9 Å². The zero-order valence-electron chi connectivity index (χ0n) is 54.4. The summed E-state index contributed by atoms with van der Waals surface area (Å²) in [5.41, 5.74) is 0. The lowest BCUT2D eigenvalue weighted by molar-refractivity contribution is -0.166. The van der Waals surface area contributed by atoms with E-state index in [1.165, 1.54) is 167 Å². The van der Waals surface area contributed by atoms with Crippen LogP contribution in [0.25, 0.3) is 0 Å². The summed E-state index contributed by atoms with van der Waals surface area (Å²) >= 11 is 0. The molecule has 0 heterocycles. The van der Waals surface area contributed by atoms with E-state index in [0.717, 1.165) is 116 Å². The van der Waals surface area contributed by atoms with Gasteiger partial charge in [0.1, 0.15) is 13.2 Å². The molecular formula is C77H130O6. The summed E-state index contributed by atoms with van der Waals surface area (Å²) < 4.78 is 16.9. The minimum absolute atomic E-state index is 0.109. The van der Waals surface area contributed by atoms with Crippen molar-refractivity contribution in [1.29, 1.82) is 0 Å². The van der Waals surface area contributed by atoms with Crippen LogP contribution in [-0.4, -0.2) is 37.2 Å². The van der Waals surface area contributed by atoms with Gasteiger partial charge in [-0.3, -0.25) is 14.4 Å².